The lowest BCUT2D eigenvalue weighted by Gasteiger charge is -2.22. The molecule has 0 amide bonds. The van der Waals surface area contributed by atoms with E-state index in [9.17, 15) is 4.39 Å². The second-order valence-electron chi connectivity index (χ2n) is 5.89. The number of rotatable bonds is 5. The van der Waals surface area contributed by atoms with Crippen LogP contribution in [0.3, 0.4) is 0 Å². The maximum Gasteiger partial charge on any atom is 0.123 e. The first kappa shape index (κ1) is 12.2. The van der Waals surface area contributed by atoms with Crippen LogP contribution in [0.1, 0.15) is 56.2 Å². The Hall–Kier alpha value is -0.890. The van der Waals surface area contributed by atoms with Crippen molar-refractivity contribution in [3.63, 3.8) is 0 Å². The summed E-state index contributed by atoms with van der Waals surface area (Å²) in [6.07, 6.45) is 7.51. The van der Waals surface area contributed by atoms with E-state index in [0.717, 1.165) is 18.8 Å². The van der Waals surface area contributed by atoms with Crippen molar-refractivity contribution >= 4 is 0 Å². The number of halogens is 1. The molecule has 2 aliphatic rings. The Bertz CT molecular complexity index is 425. The average Bonchev–Trinajstić information content (AvgIpc) is 3.10. The number of hydrogen-bond acceptors (Lipinski definition) is 1. The quantitative estimate of drug-likeness (QED) is 0.830. The van der Waals surface area contributed by atoms with E-state index < -0.39 is 0 Å². The summed E-state index contributed by atoms with van der Waals surface area (Å²) >= 11 is 0. The van der Waals surface area contributed by atoms with E-state index in [4.69, 9.17) is 0 Å². The molecule has 0 heterocycles. The summed E-state index contributed by atoms with van der Waals surface area (Å²) in [6.45, 7) is 2.26. The van der Waals surface area contributed by atoms with Crippen molar-refractivity contribution in [1.82, 2.24) is 5.32 Å². The molecule has 1 saturated carbocycles. The van der Waals surface area contributed by atoms with Gasteiger partial charge in [0.15, 0.2) is 0 Å². The maximum absolute atomic E-state index is 13.2. The summed E-state index contributed by atoms with van der Waals surface area (Å²) in [7, 11) is 0. The third-order valence-electron chi connectivity index (χ3n) is 4.43. The zero-order valence-electron chi connectivity index (χ0n) is 11.1. The summed E-state index contributed by atoms with van der Waals surface area (Å²) in [6, 6.07) is 6.36. The average molecular weight is 247 g/mol. The fourth-order valence-electron chi connectivity index (χ4n) is 3.15. The maximum atomic E-state index is 13.2. The van der Waals surface area contributed by atoms with Crippen LogP contribution in [0.4, 0.5) is 4.39 Å². The lowest BCUT2D eigenvalue weighted by molar-refractivity contribution is 0.388. The highest BCUT2D eigenvalue weighted by atomic mass is 19.1. The number of aryl methyl sites for hydroxylation is 1. The van der Waals surface area contributed by atoms with Crippen LogP contribution >= 0.6 is 0 Å². The van der Waals surface area contributed by atoms with E-state index in [1.807, 2.05) is 6.07 Å². The van der Waals surface area contributed by atoms with Crippen molar-refractivity contribution in [2.75, 3.05) is 0 Å². The summed E-state index contributed by atoms with van der Waals surface area (Å²) in [4.78, 5) is 0. The van der Waals surface area contributed by atoms with Gasteiger partial charge in [-0.25, -0.2) is 4.39 Å². The van der Waals surface area contributed by atoms with Gasteiger partial charge >= 0.3 is 0 Å². The Morgan fingerprint density at radius 1 is 1.33 bits per heavy atom. The normalized spacial score (nSPS) is 24.0. The molecule has 0 spiro atoms. The molecule has 1 nitrogen and oxygen atoms in total. The van der Waals surface area contributed by atoms with Gasteiger partial charge in [0.2, 0.25) is 0 Å². The molecule has 2 heteroatoms. The van der Waals surface area contributed by atoms with E-state index in [1.165, 1.54) is 36.8 Å². The van der Waals surface area contributed by atoms with E-state index >= 15 is 0 Å². The van der Waals surface area contributed by atoms with Gasteiger partial charge in [0, 0.05) is 12.1 Å². The molecule has 2 unspecified atom stereocenters. The Labute approximate surface area is 109 Å². The minimum Gasteiger partial charge on any atom is -0.307 e. The molecule has 2 aliphatic carbocycles. The van der Waals surface area contributed by atoms with Crippen LogP contribution in [0.2, 0.25) is 0 Å². The van der Waals surface area contributed by atoms with Gasteiger partial charge < -0.3 is 5.32 Å². The Kier molecular flexibility index (Phi) is 3.38. The smallest absolute Gasteiger partial charge is 0.123 e. The second-order valence-corrected chi connectivity index (χ2v) is 5.89. The van der Waals surface area contributed by atoms with Crippen LogP contribution in [-0.2, 0) is 6.42 Å². The largest absolute Gasteiger partial charge is 0.307 e. The zero-order valence-corrected chi connectivity index (χ0v) is 11.1. The lowest BCUT2D eigenvalue weighted by Crippen LogP contribution is -2.31. The molecule has 1 aromatic rings. The van der Waals surface area contributed by atoms with Crippen molar-refractivity contribution < 1.29 is 4.39 Å². The summed E-state index contributed by atoms with van der Waals surface area (Å²) in [5.74, 6) is 0.871. The van der Waals surface area contributed by atoms with Crippen LogP contribution in [0.5, 0.6) is 0 Å². The third kappa shape index (κ3) is 2.59. The molecule has 18 heavy (non-hydrogen) atoms. The molecule has 1 aromatic carbocycles. The molecule has 2 atom stereocenters. The molecular weight excluding hydrogens is 225 g/mol. The third-order valence-corrected chi connectivity index (χ3v) is 4.43. The number of hydrogen-bond donors (Lipinski definition) is 1. The molecular formula is C16H22FN. The molecule has 98 valence electrons. The van der Waals surface area contributed by atoms with Crippen molar-refractivity contribution in [3.8, 4) is 0 Å². The summed E-state index contributed by atoms with van der Waals surface area (Å²) in [5.41, 5.74) is 2.53. The van der Waals surface area contributed by atoms with Crippen LogP contribution in [0.25, 0.3) is 0 Å². The second kappa shape index (κ2) is 5.00. The van der Waals surface area contributed by atoms with E-state index in [0.29, 0.717) is 12.1 Å². The standard InChI is InChI=1S/C16H22FN/c1-2-14(9-11-3-4-11)18-16-8-5-12-10-13(17)6-7-15(12)16/h6-7,10-11,14,16,18H,2-5,8-9H2,1H3. The molecule has 1 N–H and O–H groups in total. The van der Waals surface area contributed by atoms with Gasteiger partial charge in [0.1, 0.15) is 5.82 Å². The van der Waals surface area contributed by atoms with Crippen LogP contribution in [0, 0.1) is 11.7 Å². The van der Waals surface area contributed by atoms with Crippen LogP contribution < -0.4 is 5.32 Å². The van der Waals surface area contributed by atoms with E-state index in [2.05, 4.69) is 12.2 Å². The van der Waals surface area contributed by atoms with Crippen LogP contribution in [-0.4, -0.2) is 6.04 Å². The highest BCUT2D eigenvalue weighted by molar-refractivity contribution is 5.35. The Morgan fingerprint density at radius 3 is 2.89 bits per heavy atom. The van der Waals surface area contributed by atoms with Gasteiger partial charge in [0.25, 0.3) is 0 Å². The van der Waals surface area contributed by atoms with Crippen molar-refractivity contribution in [1.29, 1.82) is 0 Å². The molecule has 3 rings (SSSR count). The first-order valence-corrected chi connectivity index (χ1v) is 7.30. The monoisotopic (exact) mass is 247 g/mol. The predicted molar refractivity (Wildman–Crippen MR) is 72.0 cm³/mol. The van der Waals surface area contributed by atoms with E-state index in [1.54, 1.807) is 12.1 Å². The van der Waals surface area contributed by atoms with Crippen molar-refractivity contribution in [2.24, 2.45) is 5.92 Å². The molecule has 0 saturated heterocycles. The topological polar surface area (TPSA) is 12.0 Å². The minimum atomic E-state index is -0.0978. The summed E-state index contributed by atoms with van der Waals surface area (Å²) < 4.78 is 13.2. The van der Waals surface area contributed by atoms with Gasteiger partial charge in [-0.15, -0.1) is 0 Å². The van der Waals surface area contributed by atoms with Crippen LogP contribution in [0.15, 0.2) is 18.2 Å². The fraction of sp³-hybridized carbons (Fsp3) is 0.625. The molecule has 0 bridgehead atoms. The van der Waals surface area contributed by atoms with Gasteiger partial charge in [-0.1, -0.05) is 25.8 Å². The van der Waals surface area contributed by atoms with E-state index in [-0.39, 0.29) is 5.82 Å². The lowest BCUT2D eigenvalue weighted by atomic mass is 10.0. The Morgan fingerprint density at radius 2 is 2.17 bits per heavy atom. The fourth-order valence-corrected chi connectivity index (χ4v) is 3.15. The highest BCUT2D eigenvalue weighted by Gasteiger charge is 2.28. The van der Waals surface area contributed by atoms with Gasteiger partial charge in [0.05, 0.1) is 0 Å². The zero-order chi connectivity index (χ0) is 12.5. The molecule has 1 fully saturated rings. The predicted octanol–water partition coefficient (Wildman–Crippen LogP) is 3.98. The first-order chi connectivity index (χ1) is 8.76. The molecule has 0 aliphatic heterocycles. The number of nitrogens with one attached hydrogen (secondary N) is 1. The number of fused-ring (bicyclic) bond motifs is 1. The van der Waals surface area contributed by atoms with Gasteiger partial charge in [-0.05, 0) is 54.9 Å². The van der Waals surface area contributed by atoms with Gasteiger partial charge in [-0.3, -0.25) is 0 Å². The highest BCUT2D eigenvalue weighted by Crippen LogP contribution is 2.36. The Balaban J connectivity index is 1.67. The van der Waals surface area contributed by atoms with Gasteiger partial charge in [-0.2, -0.15) is 0 Å². The number of benzene rings is 1. The first-order valence-electron chi connectivity index (χ1n) is 7.30. The molecule has 0 radical (unpaired) electrons. The SMILES string of the molecule is CCC(CC1CC1)NC1CCc2cc(F)ccc21. The molecule has 0 aromatic heterocycles. The minimum absolute atomic E-state index is 0.0978. The van der Waals surface area contributed by atoms with Crippen molar-refractivity contribution in [3.05, 3.63) is 35.1 Å². The van der Waals surface area contributed by atoms with Crippen molar-refractivity contribution in [2.45, 2.75) is 57.5 Å². The summed E-state index contributed by atoms with van der Waals surface area (Å²) in [5, 5.41) is 3.79.